The third kappa shape index (κ3) is 2.93. The molecule has 0 saturated heterocycles. The number of aromatic hydroxyl groups is 2. The molecule has 0 spiro atoms. The summed E-state index contributed by atoms with van der Waals surface area (Å²) in [6, 6.07) is 2.73. The summed E-state index contributed by atoms with van der Waals surface area (Å²) in [7, 11) is 17.6. The highest BCUT2D eigenvalue weighted by atomic mass is 35.5. The molecule has 130 valence electrons. The zero-order valence-electron chi connectivity index (χ0n) is 14.5. The number of carbonyl (C=O) groups excluding carboxylic acids is 1. The molecule has 3 rings (SSSR count). The SMILES string of the molecule is [B]c1c(O)c([B])c2oc(C(C)O)c(C(=O)c3cc(C)c(O)c(Cl)c3)c2c1[B]. The van der Waals surface area contributed by atoms with Crippen LogP contribution in [0, 0.1) is 6.92 Å². The third-order valence-electron chi connectivity index (χ3n) is 4.37. The monoisotopic (exact) mass is 376 g/mol. The number of ketones is 1. The van der Waals surface area contributed by atoms with Gasteiger partial charge in [0.05, 0.1) is 10.6 Å². The van der Waals surface area contributed by atoms with Crippen LogP contribution in [0.4, 0.5) is 0 Å². The number of fused-ring (bicyclic) bond motifs is 1. The van der Waals surface area contributed by atoms with E-state index in [1.165, 1.54) is 19.1 Å². The number of rotatable bonds is 3. The van der Waals surface area contributed by atoms with Crippen LogP contribution in [-0.4, -0.2) is 44.6 Å². The van der Waals surface area contributed by atoms with E-state index in [1.807, 2.05) is 0 Å². The molecule has 6 radical (unpaired) electrons. The van der Waals surface area contributed by atoms with E-state index in [1.54, 1.807) is 6.92 Å². The Hall–Kier alpha value is -2.31. The van der Waals surface area contributed by atoms with Crippen molar-refractivity contribution >= 4 is 68.3 Å². The van der Waals surface area contributed by atoms with E-state index in [4.69, 9.17) is 39.6 Å². The highest BCUT2D eigenvalue weighted by Gasteiger charge is 2.28. The van der Waals surface area contributed by atoms with Crippen LogP contribution in [-0.2, 0) is 0 Å². The van der Waals surface area contributed by atoms with Crippen molar-refractivity contribution in [1.82, 2.24) is 0 Å². The lowest BCUT2D eigenvalue weighted by Crippen LogP contribution is -2.32. The van der Waals surface area contributed by atoms with Gasteiger partial charge in [-0.25, -0.2) is 0 Å². The van der Waals surface area contributed by atoms with Crippen molar-refractivity contribution in [1.29, 1.82) is 0 Å². The van der Waals surface area contributed by atoms with Crippen LogP contribution in [0.1, 0.15) is 40.3 Å². The molecule has 0 saturated carbocycles. The summed E-state index contributed by atoms with van der Waals surface area (Å²) in [4.78, 5) is 13.2. The normalized spacial score (nSPS) is 12.4. The maximum absolute atomic E-state index is 13.2. The van der Waals surface area contributed by atoms with Crippen LogP contribution in [0.2, 0.25) is 5.02 Å². The Morgan fingerprint density at radius 2 is 1.74 bits per heavy atom. The minimum Gasteiger partial charge on any atom is -0.509 e. The molecule has 0 aliphatic rings. The summed E-state index contributed by atoms with van der Waals surface area (Å²) in [6.07, 6.45) is -1.17. The van der Waals surface area contributed by atoms with Crippen LogP contribution in [0.5, 0.6) is 11.5 Å². The molecule has 1 atom stereocenters. The van der Waals surface area contributed by atoms with E-state index in [2.05, 4.69) is 0 Å². The Labute approximate surface area is 164 Å². The fourth-order valence-corrected chi connectivity index (χ4v) is 3.21. The number of aliphatic hydroxyl groups is 1. The standard InChI is InChI=1S/C18H12B3ClO5/c1-5-3-7(4-8(22)14(5)24)15(25)10-9-11(19)12(20)16(26)13(21)18(9)27-17(10)6(2)23/h3-4,6,23-24,26H,1-2H3. The van der Waals surface area contributed by atoms with Crippen LogP contribution in [0.3, 0.4) is 0 Å². The van der Waals surface area contributed by atoms with E-state index in [0.717, 1.165) is 0 Å². The lowest BCUT2D eigenvalue weighted by molar-refractivity contribution is 0.102. The van der Waals surface area contributed by atoms with Crippen LogP contribution >= 0.6 is 11.6 Å². The molecule has 1 heterocycles. The summed E-state index contributed by atoms with van der Waals surface area (Å²) in [5, 5.41) is 30.0. The summed E-state index contributed by atoms with van der Waals surface area (Å²) in [6.45, 7) is 2.99. The number of furan rings is 1. The average Bonchev–Trinajstić information content (AvgIpc) is 3.02. The molecule has 3 aromatic rings. The second-order valence-electron chi connectivity index (χ2n) is 6.26. The fraction of sp³-hybridized carbons (Fsp3) is 0.167. The molecule has 0 aliphatic carbocycles. The molecular formula is C18H12B3ClO5. The molecule has 0 aliphatic heterocycles. The topological polar surface area (TPSA) is 90.9 Å². The number of hydrogen-bond donors (Lipinski definition) is 3. The van der Waals surface area contributed by atoms with Gasteiger partial charge in [-0.3, -0.25) is 4.79 Å². The van der Waals surface area contributed by atoms with E-state index < -0.39 is 17.6 Å². The molecule has 1 unspecified atom stereocenters. The predicted octanol–water partition coefficient (Wildman–Crippen LogP) is 0.472. The van der Waals surface area contributed by atoms with Gasteiger partial charge in [-0.2, -0.15) is 0 Å². The molecule has 0 bridgehead atoms. The van der Waals surface area contributed by atoms with Gasteiger partial charge < -0.3 is 19.7 Å². The van der Waals surface area contributed by atoms with Crippen molar-refractivity contribution in [3.63, 3.8) is 0 Å². The van der Waals surface area contributed by atoms with Crippen molar-refractivity contribution in [2.24, 2.45) is 0 Å². The number of phenolic OH excluding ortho intramolecular Hbond substituents is 2. The van der Waals surface area contributed by atoms with E-state index in [9.17, 15) is 20.1 Å². The summed E-state index contributed by atoms with van der Waals surface area (Å²) in [5.41, 5.74) is -0.0645. The second-order valence-corrected chi connectivity index (χ2v) is 6.67. The van der Waals surface area contributed by atoms with Crippen molar-refractivity contribution in [3.05, 3.63) is 39.6 Å². The zero-order chi connectivity index (χ0) is 20.2. The van der Waals surface area contributed by atoms with Crippen molar-refractivity contribution in [2.75, 3.05) is 0 Å². The van der Waals surface area contributed by atoms with Gasteiger partial charge in [0, 0.05) is 10.9 Å². The first-order valence-corrected chi connectivity index (χ1v) is 8.27. The number of carbonyl (C=O) groups is 1. The van der Waals surface area contributed by atoms with E-state index in [0.29, 0.717) is 5.56 Å². The largest absolute Gasteiger partial charge is 0.509 e. The van der Waals surface area contributed by atoms with Gasteiger partial charge in [-0.1, -0.05) is 22.5 Å². The third-order valence-corrected chi connectivity index (χ3v) is 4.66. The maximum atomic E-state index is 13.2. The Bertz CT molecular complexity index is 1080. The number of aryl methyl sites for hydroxylation is 1. The predicted molar refractivity (Wildman–Crippen MR) is 106 cm³/mol. The lowest BCUT2D eigenvalue weighted by atomic mass is 9.73. The van der Waals surface area contributed by atoms with Crippen molar-refractivity contribution < 1.29 is 24.5 Å². The quantitative estimate of drug-likeness (QED) is 0.457. The number of halogens is 1. The van der Waals surface area contributed by atoms with Gasteiger partial charge in [0.1, 0.15) is 52.5 Å². The Morgan fingerprint density at radius 3 is 2.30 bits per heavy atom. The Morgan fingerprint density at radius 1 is 1.11 bits per heavy atom. The molecule has 0 amide bonds. The Kier molecular flexibility index (Phi) is 4.82. The maximum Gasteiger partial charge on any atom is 0.197 e. The molecule has 0 fully saturated rings. The van der Waals surface area contributed by atoms with Crippen LogP contribution < -0.4 is 16.4 Å². The van der Waals surface area contributed by atoms with Gasteiger partial charge >= 0.3 is 0 Å². The number of aliphatic hydroxyl groups excluding tert-OH is 1. The molecule has 1 aromatic heterocycles. The van der Waals surface area contributed by atoms with Crippen LogP contribution in [0.25, 0.3) is 11.0 Å². The van der Waals surface area contributed by atoms with E-state index in [-0.39, 0.29) is 55.0 Å². The second kappa shape index (κ2) is 6.70. The van der Waals surface area contributed by atoms with Crippen molar-refractivity contribution in [2.45, 2.75) is 20.0 Å². The lowest BCUT2D eigenvalue weighted by Gasteiger charge is -2.11. The Balaban J connectivity index is 2.40. The zero-order valence-corrected chi connectivity index (χ0v) is 15.3. The summed E-state index contributed by atoms with van der Waals surface area (Å²) < 4.78 is 5.56. The molecule has 2 aromatic carbocycles. The van der Waals surface area contributed by atoms with Gasteiger partial charge in [-0.05, 0) is 37.0 Å². The number of phenols is 2. The highest BCUT2D eigenvalue weighted by Crippen LogP contribution is 2.34. The summed E-state index contributed by atoms with van der Waals surface area (Å²) >= 11 is 5.97. The van der Waals surface area contributed by atoms with E-state index >= 15 is 0 Å². The van der Waals surface area contributed by atoms with Gasteiger partial charge in [-0.15, -0.1) is 0 Å². The number of hydrogen-bond acceptors (Lipinski definition) is 5. The van der Waals surface area contributed by atoms with Gasteiger partial charge in [0.15, 0.2) is 5.78 Å². The average molecular weight is 376 g/mol. The molecule has 5 nitrogen and oxygen atoms in total. The smallest absolute Gasteiger partial charge is 0.197 e. The molecule has 9 heteroatoms. The molecule has 27 heavy (non-hydrogen) atoms. The van der Waals surface area contributed by atoms with Gasteiger partial charge in [0.25, 0.3) is 0 Å². The minimum atomic E-state index is -1.17. The minimum absolute atomic E-state index is 0.00519. The van der Waals surface area contributed by atoms with Crippen molar-refractivity contribution in [3.8, 4) is 11.5 Å². The number of benzene rings is 2. The highest BCUT2D eigenvalue weighted by molar-refractivity contribution is 6.58. The van der Waals surface area contributed by atoms with Gasteiger partial charge in [0.2, 0.25) is 0 Å². The first-order valence-electron chi connectivity index (χ1n) is 7.89. The fourth-order valence-electron chi connectivity index (χ4n) is 2.94. The first kappa shape index (κ1) is 19.5. The molecular weight excluding hydrogens is 364 g/mol. The van der Waals surface area contributed by atoms with Crippen LogP contribution in [0.15, 0.2) is 16.5 Å². The molecule has 3 N–H and O–H groups in total. The summed E-state index contributed by atoms with van der Waals surface area (Å²) in [5.74, 6) is -1.25. The first-order chi connectivity index (χ1) is 12.6.